The maximum absolute atomic E-state index is 13.7. The fraction of sp³-hybridized carbons (Fsp3) is 0.167. The topological polar surface area (TPSA) is 78.2 Å². The monoisotopic (exact) mass is 492 g/mol. The summed E-state index contributed by atoms with van der Waals surface area (Å²) in [5, 5.41) is 3.59. The molecule has 1 amide bonds. The highest BCUT2D eigenvalue weighted by Gasteiger charge is 2.21. The second kappa shape index (κ2) is 9.78. The number of carbonyl (C=O) groups is 1. The van der Waals surface area contributed by atoms with Gasteiger partial charge in [0.1, 0.15) is 11.4 Å². The van der Waals surface area contributed by atoms with Crippen LogP contribution in [0.5, 0.6) is 5.75 Å². The van der Waals surface area contributed by atoms with Gasteiger partial charge < -0.3 is 10.1 Å². The summed E-state index contributed by atoms with van der Waals surface area (Å²) in [5.41, 5.74) is 3.92. The van der Waals surface area contributed by atoms with Gasteiger partial charge in [-0.25, -0.2) is 9.67 Å². The van der Waals surface area contributed by atoms with Crippen LogP contribution in [-0.4, -0.2) is 26.4 Å². The number of carbonyl (C=O) groups excluding carboxylic acids is 1. The maximum Gasteiger partial charge on any atom is 0.295 e. The number of aromatic nitrogens is 3. The van der Waals surface area contributed by atoms with Gasteiger partial charge in [0.05, 0.1) is 34.3 Å². The lowest BCUT2D eigenvalue weighted by Gasteiger charge is -2.13. The van der Waals surface area contributed by atoms with Gasteiger partial charge in [-0.2, -0.15) is 0 Å². The lowest BCUT2D eigenvalue weighted by molar-refractivity contribution is 0.102. The first-order valence-electron chi connectivity index (χ1n) is 12.2. The Morgan fingerprint density at radius 3 is 2.43 bits per heavy atom. The Balaban J connectivity index is 1.58. The van der Waals surface area contributed by atoms with Crippen LogP contribution in [0.3, 0.4) is 0 Å². The standard InChI is InChI=1S/C30H28N4O3/c1-19(2)37-23-14-10-11-21(17-23)27-18-25(24-15-8-9-16-26(24)31-27)29(35)32-28-20(3)33(4)34(30(28)36)22-12-6-5-7-13-22/h5-19H,1-4H3,(H,32,35). The number of amides is 1. The van der Waals surface area contributed by atoms with E-state index in [1.807, 2.05) is 99.6 Å². The quantitative estimate of drug-likeness (QED) is 0.328. The SMILES string of the molecule is Cc1c(NC(=O)c2cc(-c3cccc(OC(C)C)c3)nc3ccccc23)c(=O)n(-c2ccccc2)n1C. The molecule has 7 nitrogen and oxygen atoms in total. The van der Waals surface area contributed by atoms with Gasteiger partial charge >= 0.3 is 0 Å². The molecule has 1 N–H and O–H groups in total. The van der Waals surface area contributed by atoms with Crippen molar-refractivity contribution in [2.45, 2.75) is 26.9 Å². The second-order valence-electron chi connectivity index (χ2n) is 9.16. The minimum Gasteiger partial charge on any atom is -0.491 e. The molecule has 7 heteroatoms. The van der Waals surface area contributed by atoms with E-state index in [4.69, 9.17) is 9.72 Å². The van der Waals surface area contributed by atoms with Crippen LogP contribution in [0.1, 0.15) is 29.9 Å². The van der Waals surface area contributed by atoms with Crippen molar-refractivity contribution in [1.29, 1.82) is 0 Å². The zero-order valence-corrected chi connectivity index (χ0v) is 21.2. The number of hydrogen-bond donors (Lipinski definition) is 1. The molecule has 186 valence electrons. The summed E-state index contributed by atoms with van der Waals surface area (Å²) in [7, 11) is 1.80. The van der Waals surface area contributed by atoms with Gasteiger partial charge in [-0.15, -0.1) is 0 Å². The average molecular weight is 493 g/mol. The van der Waals surface area contributed by atoms with Crippen LogP contribution in [0.25, 0.3) is 27.8 Å². The average Bonchev–Trinajstić information content (AvgIpc) is 3.11. The maximum atomic E-state index is 13.7. The van der Waals surface area contributed by atoms with Crippen molar-refractivity contribution < 1.29 is 9.53 Å². The van der Waals surface area contributed by atoms with Gasteiger partial charge in [0.2, 0.25) is 0 Å². The molecule has 5 aromatic rings. The van der Waals surface area contributed by atoms with Crippen LogP contribution in [0.15, 0.2) is 89.7 Å². The van der Waals surface area contributed by atoms with Gasteiger partial charge in [-0.3, -0.25) is 14.3 Å². The zero-order chi connectivity index (χ0) is 26.1. The summed E-state index contributed by atoms with van der Waals surface area (Å²) in [6.45, 7) is 5.76. The highest BCUT2D eigenvalue weighted by molar-refractivity contribution is 6.13. The van der Waals surface area contributed by atoms with Crippen molar-refractivity contribution in [3.05, 3.63) is 107 Å². The Morgan fingerprint density at radius 1 is 0.946 bits per heavy atom. The van der Waals surface area contributed by atoms with Crippen LogP contribution in [0.4, 0.5) is 5.69 Å². The van der Waals surface area contributed by atoms with Gasteiger partial charge in [0.15, 0.2) is 0 Å². The van der Waals surface area contributed by atoms with E-state index in [0.29, 0.717) is 27.9 Å². The molecule has 0 aliphatic rings. The molecule has 0 unspecified atom stereocenters. The van der Waals surface area contributed by atoms with E-state index in [9.17, 15) is 9.59 Å². The number of nitrogens with zero attached hydrogens (tertiary/aromatic N) is 3. The zero-order valence-electron chi connectivity index (χ0n) is 21.2. The molecule has 0 radical (unpaired) electrons. The largest absolute Gasteiger partial charge is 0.491 e. The number of nitrogens with one attached hydrogen (secondary N) is 1. The normalized spacial score (nSPS) is 11.2. The van der Waals surface area contributed by atoms with Crippen molar-refractivity contribution in [2.75, 3.05) is 5.32 Å². The number of para-hydroxylation sites is 2. The summed E-state index contributed by atoms with van der Waals surface area (Å²) in [6.07, 6.45) is 0.0372. The molecule has 3 aromatic carbocycles. The molecule has 0 bridgehead atoms. The first-order chi connectivity index (χ1) is 17.8. The Kier molecular flexibility index (Phi) is 6.36. The van der Waals surface area contributed by atoms with E-state index in [1.54, 1.807) is 22.5 Å². The Hall–Kier alpha value is -4.65. The van der Waals surface area contributed by atoms with E-state index >= 15 is 0 Å². The predicted octanol–water partition coefficient (Wildman–Crippen LogP) is 5.74. The lowest BCUT2D eigenvalue weighted by atomic mass is 10.0. The minimum atomic E-state index is -0.375. The number of hydrogen-bond acceptors (Lipinski definition) is 4. The Labute approximate surface area is 214 Å². The van der Waals surface area contributed by atoms with Gasteiger partial charge in [0, 0.05) is 18.0 Å². The van der Waals surface area contributed by atoms with Gasteiger partial charge in [-0.05, 0) is 57.2 Å². The molecule has 5 rings (SSSR count). The van der Waals surface area contributed by atoms with Crippen molar-refractivity contribution in [3.8, 4) is 22.7 Å². The molecule has 0 aliphatic heterocycles. The van der Waals surface area contributed by atoms with E-state index in [1.165, 1.54) is 0 Å². The first kappa shape index (κ1) is 24.1. The number of fused-ring (bicyclic) bond motifs is 1. The predicted molar refractivity (Wildman–Crippen MR) is 147 cm³/mol. The summed E-state index contributed by atoms with van der Waals surface area (Å²) in [5.74, 6) is 0.357. The van der Waals surface area contributed by atoms with Crippen LogP contribution in [0.2, 0.25) is 0 Å². The van der Waals surface area contributed by atoms with Crippen LogP contribution in [0, 0.1) is 6.92 Å². The van der Waals surface area contributed by atoms with Crippen LogP contribution >= 0.6 is 0 Å². The summed E-state index contributed by atoms with van der Waals surface area (Å²) < 4.78 is 9.13. The minimum absolute atomic E-state index is 0.0372. The summed E-state index contributed by atoms with van der Waals surface area (Å²) in [6, 6.07) is 26.2. The third kappa shape index (κ3) is 4.63. The fourth-order valence-electron chi connectivity index (χ4n) is 4.41. The second-order valence-corrected chi connectivity index (χ2v) is 9.16. The molecule has 0 saturated carbocycles. The molecule has 37 heavy (non-hydrogen) atoms. The lowest BCUT2D eigenvalue weighted by Crippen LogP contribution is -2.23. The Morgan fingerprint density at radius 2 is 1.68 bits per heavy atom. The third-order valence-electron chi connectivity index (χ3n) is 6.26. The third-order valence-corrected chi connectivity index (χ3v) is 6.26. The highest BCUT2D eigenvalue weighted by atomic mass is 16.5. The van der Waals surface area contributed by atoms with Crippen molar-refractivity contribution >= 4 is 22.5 Å². The summed E-state index contributed by atoms with van der Waals surface area (Å²) >= 11 is 0. The molecule has 0 fully saturated rings. The molecular weight excluding hydrogens is 464 g/mol. The van der Waals surface area contributed by atoms with Crippen LogP contribution in [-0.2, 0) is 7.05 Å². The van der Waals surface area contributed by atoms with Gasteiger partial charge in [0.25, 0.3) is 11.5 Å². The molecule has 0 saturated heterocycles. The van der Waals surface area contributed by atoms with Gasteiger partial charge in [-0.1, -0.05) is 48.5 Å². The molecule has 0 spiro atoms. The molecule has 0 atom stereocenters. The number of pyridine rings is 1. The number of benzene rings is 3. The molecule has 0 aliphatic carbocycles. The molecule has 2 aromatic heterocycles. The van der Waals surface area contributed by atoms with Crippen molar-refractivity contribution in [2.24, 2.45) is 7.05 Å². The van der Waals surface area contributed by atoms with E-state index in [-0.39, 0.29) is 23.3 Å². The fourth-order valence-corrected chi connectivity index (χ4v) is 4.41. The van der Waals surface area contributed by atoms with E-state index < -0.39 is 0 Å². The number of rotatable bonds is 6. The molecule has 2 heterocycles. The Bertz CT molecular complexity index is 1670. The first-order valence-corrected chi connectivity index (χ1v) is 12.2. The van der Waals surface area contributed by atoms with E-state index in [2.05, 4.69) is 5.32 Å². The smallest absolute Gasteiger partial charge is 0.295 e. The summed E-state index contributed by atoms with van der Waals surface area (Å²) in [4.78, 5) is 31.8. The van der Waals surface area contributed by atoms with E-state index in [0.717, 1.165) is 17.0 Å². The van der Waals surface area contributed by atoms with Crippen molar-refractivity contribution in [1.82, 2.24) is 14.3 Å². The highest BCUT2D eigenvalue weighted by Crippen LogP contribution is 2.28. The van der Waals surface area contributed by atoms with Crippen molar-refractivity contribution in [3.63, 3.8) is 0 Å². The number of ether oxygens (including phenoxy) is 1. The van der Waals surface area contributed by atoms with Crippen LogP contribution < -0.4 is 15.6 Å². The number of anilines is 1. The molecular formula is C30H28N4O3.